The molecule has 0 amide bonds. The zero-order chi connectivity index (χ0) is 9.80. The summed E-state index contributed by atoms with van der Waals surface area (Å²) in [6.07, 6.45) is 7.77. The highest BCUT2D eigenvalue weighted by Gasteiger charge is 2.20. The van der Waals surface area contributed by atoms with Gasteiger partial charge in [0.1, 0.15) is 0 Å². The van der Waals surface area contributed by atoms with Gasteiger partial charge in [-0.05, 0) is 42.9 Å². The summed E-state index contributed by atoms with van der Waals surface area (Å²) in [6.45, 7) is 3.33. The van der Waals surface area contributed by atoms with Gasteiger partial charge in [-0.25, -0.2) is 0 Å². The van der Waals surface area contributed by atoms with Crippen molar-refractivity contribution in [1.82, 2.24) is 10.3 Å². The van der Waals surface area contributed by atoms with E-state index in [0.29, 0.717) is 0 Å². The Morgan fingerprint density at radius 3 is 2.79 bits per heavy atom. The molecule has 1 aromatic rings. The van der Waals surface area contributed by atoms with E-state index in [1.54, 1.807) is 0 Å². The molecule has 0 bridgehead atoms. The van der Waals surface area contributed by atoms with Gasteiger partial charge >= 0.3 is 0 Å². The van der Waals surface area contributed by atoms with Gasteiger partial charge in [-0.2, -0.15) is 0 Å². The normalized spacial score (nSPS) is 26.6. The summed E-state index contributed by atoms with van der Waals surface area (Å²) in [5.41, 5.74) is 1.33. The van der Waals surface area contributed by atoms with Crippen molar-refractivity contribution in [3.05, 3.63) is 30.1 Å². The van der Waals surface area contributed by atoms with Crippen molar-refractivity contribution in [2.24, 2.45) is 5.92 Å². The smallest absolute Gasteiger partial charge is 0.0271 e. The SMILES string of the molecule is CC1CCC(NCc2ccncc2)C1. The number of rotatable bonds is 3. The molecule has 1 fully saturated rings. The van der Waals surface area contributed by atoms with E-state index in [4.69, 9.17) is 0 Å². The Bertz CT molecular complexity index is 271. The van der Waals surface area contributed by atoms with Gasteiger partial charge in [0.15, 0.2) is 0 Å². The van der Waals surface area contributed by atoms with E-state index >= 15 is 0 Å². The van der Waals surface area contributed by atoms with Gasteiger partial charge in [0, 0.05) is 25.0 Å². The fourth-order valence-corrected chi connectivity index (χ4v) is 2.16. The van der Waals surface area contributed by atoms with Crippen molar-refractivity contribution in [2.75, 3.05) is 0 Å². The number of nitrogens with zero attached hydrogens (tertiary/aromatic N) is 1. The van der Waals surface area contributed by atoms with Crippen molar-refractivity contribution >= 4 is 0 Å². The van der Waals surface area contributed by atoms with Crippen molar-refractivity contribution < 1.29 is 0 Å². The number of hydrogen-bond donors (Lipinski definition) is 1. The Morgan fingerprint density at radius 1 is 1.36 bits per heavy atom. The summed E-state index contributed by atoms with van der Waals surface area (Å²) in [7, 11) is 0. The fraction of sp³-hybridized carbons (Fsp3) is 0.583. The zero-order valence-corrected chi connectivity index (χ0v) is 8.74. The Morgan fingerprint density at radius 2 is 2.14 bits per heavy atom. The quantitative estimate of drug-likeness (QED) is 0.791. The van der Waals surface area contributed by atoms with Crippen LogP contribution in [-0.4, -0.2) is 11.0 Å². The average Bonchev–Trinajstić information content (AvgIpc) is 2.63. The minimum absolute atomic E-state index is 0.734. The van der Waals surface area contributed by atoms with Crippen LogP contribution in [0.1, 0.15) is 31.7 Å². The third kappa shape index (κ3) is 2.55. The summed E-state index contributed by atoms with van der Waals surface area (Å²) >= 11 is 0. The summed E-state index contributed by atoms with van der Waals surface area (Å²) in [6, 6.07) is 4.88. The maximum Gasteiger partial charge on any atom is 0.0271 e. The van der Waals surface area contributed by atoms with Gasteiger partial charge in [-0.15, -0.1) is 0 Å². The number of pyridine rings is 1. The van der Waals surface area contributed by atoms with Crippen LogP contribution in [-0.2, 0) is 6.54 Å². The molecule has 2 atom stereocenters. The Labute approximate surface area is 85.7 Å². The highest BCUT2D eigenvalue weighted by Crippen LogP contribution is 2.24. The molecule has 1 aromatic heterocycles. The molecule has 1 saturated carbocycles. The first-order valence-corrected chi connectivity index (χ1v) is 5.47. The molecule has 0 aliphatic heterocycles. The first-order chi connectivity index (χ1) is 6.84. The van der Waals surface area contributed by atoms with E-state index in [-0.39, 0.29) is 0 Å². The predicted molar refractivity (Wildman–Crippen MR) is 57.9 cm³/mol. The summed E-state index contributed by atoms with van der Waals surface area (Å²) in [5.74, 6) is 0.907. The van der Waals surface area contributed by atoms with Crippen LogP contribution in [0.4, 0.5) is 0 Å². The lowest BCUT2D eigenvalue weighted by molar-refractivity contribution is 0.502. The van der Waals surface area contributed by atoms with Crippen LogP contribution in [0.3, 0.4) is 0 Å². The second-order valence-corrected chi connectivity index (χ2v) is 4.35. The third-order valence-electron chi connectivity index (χ3n) is 3.04. The van der Waals surface area contributed by atoms with Crippen molar-refractivity contribution in [2.45, 2.75) is 38.8 Å². The molecule has 0 spiro atoms. The maximum absolute atomic E-state index is 4.01. The lowest BCUT2D eigenvalue weighted by Gasteiger charge is -2.11. The second kappa shape index (κ2) is 4.56. The lowest BCUT2D eigenvalue weighted by Crippen LogP contribution is -2.25. The van der Waals surface area contributed by atoms with Crippen molar-refractivity contribution in [3.8, 4) is 0 Å². The largest absolute Gasteiger partial charge is 0.310 e. The molecular formula is C12H18N2. The first kappa shape index (κ1) is 9.66. The highest BCUT2D eigenvalue weighted by atomic mass is 14.9. The van der Waals surface area contributed by atoms with Crippen LogP contribution < -0.4 is 5.32 Å². The zero-order valence-electron chi connectivity index (χ0n) is 8.74. The van der Waals surface area contributed by atoms with Crippen molar-refractivity contribution in [1.29, 1.82) is 0 Å². The molecule has 0 radical (unpaired) electrons. The van der Waals surface area contributed by atoms with Crippen LogP contribution in [0.15, 0.2) is 24.5 Å². The molecule has 2 rings (SSSR count). The molecule has 2 nitrogen and oxygen atoms in total. The van der Waals surface area contributed by atoms with Crippen LogP contribution in [0, 0.1) is 5.92 Å². The molecule has 2 unspecified atom stereocenters. The molecular weight excluding hydrogens is 172 g/mol. The molecule has 1 heterocycles. The minimum atomic E-state index is 0.734. The summed E-state index contributed by atoms with van der Waals surface area (Å²) in [5, 5.41) is 3.60. The predicted octanol–water partition coefficient (Wildman–Crippen LogP) is 2.36. The number of aromatic nitrogens is 1. The standard InChI is InChI=1S/C12H18N2/c1-10-2-3-12(8-10)14-9-11-4-6-13-7-5-11/h4-7,10,12,14H,2-3,8-9H2,1H3. The van der Waals surface area contributed by atoms with Gasteiger partial charge in [0.2, 0.25) is 0 Å². The first-order valence-electron chi connectivity index (χ1n) is 5.47. The van der Waals surface area contributed by atoms with E-state index in [2.05, 4.69) is 29.4 Å². The molecule has 1 aliphatic carbocycles. The second-order valence-electron chi connectivity index (χ2n) is 4.35. The Kier molecular flexibility index (Phi) is 3.14. The lowest BCUT2D eigenvalue weighted by atomic mass is 10.1. The van der Waals surface area contributed by atoms with Gasteiger partial charge in [0.25, 0.3) is 0 Å². The Balaban J connectivity index is 1.78. The molecule has 0 saturated heterocycles. The van der Waals surface area contributed by atoms with Crippen molar-refractivity contribution in [3.63, 3.8) is 0 Å². The van der Waals surface area contributed by atoms with Crippen LogP contribution in [0.5, 0.6) is 0 Å². The van der Waals surface area contributed by atoms with E-state index < -0.39 is 0 Å². The van der Waals surface area contributed by atoms with Gasteiger partial charge in [-0.3, -0.25) is 4.98 Å². The van der Waals surface area contributed by atoms with Gasteiger partial charge in [0.05, 0.1) is 0 Å². The number of nitrogens with one attached hydrogen (secondary N) is 1. The van der Waals surface area contributed by atoms with Crippen LogP contribution >= 0.6 is 0 Å². The van der Waals surface area contributed by atoms with Crippen LogP contribution in [0.25, 0.3) is 0 Å². The molecule has 14 heavy (non-hydrogen) atoms. The molecule has 0 aromatic carbocycles. The summed E-state index contributed by atoms with van der Waals surface area (Å²) in [4.78, 5) is 4.01. The van der Waals surface area contributed by atoms with E-state index in [9.17, 15) is 0 Å². The average molecular weight is 190 g/mol. The fourth-order valence-electron chi connectivity index (χ4n) is 2.16. The monoisotopic (exact) mass is 190 g/mol. The van der Waals surface area contributed by atoms with E-state index in [1.165, 1.54) is 24.8 Å². The van der Waals surface area contributed by atoms with E-state index in [0.717, 1.165) is 18.5 Å². The topological polar surface area (TPSA) is 24.9 Å². The molecule has 2 heteroatoms. The van der Waals surface area contributed by atoms with Gasteiger partial charge in [-0.1, -0.05) is 6.92 Å². The van der Waals surface area contributed by atoms with Crippen LogP contribution in [0.2, 0.25) is 0 Å². The summed E-state index contributed by atoms with van der Waals surface area (Å²) < 4.78 is 0. The Hall–Kier alpha value is -0.890. The van der Waals surface area contributed by atoms with E-state index in [1.807, 2.05) is 12.4 Å². The number of hydrogen-bond acceptors (Lipinski definition) is 2. The highest BCUT2D eigenvalue weighted by molar-refractivity contribution is 5.09. The minimum Gasteiger partial charge on any atom is -0.310 e. The van der Waals surface area contributed by atoms with Gasteiger partial charge < -0.3 is 5.32 Å². The molecule has 1 aliphatic rings. The molecule has 76 valence electrons. The third-order valence-corrected chi connectivity index (χ3v) is 3.04. The molecule has 1 N–H and O–H groups in total. The maximum atomic E-state index is 4.01.